The standard InChI is InChI=1S/C7H12ClN3/c1-7(2,5-9)11-4-6(8)3-10-11/h3-4H,5,9H2,1-2H3. The molecule has 0 saturated heterocycles. The van der Waals surface area contributed by atoms with Gasteiger partial charge in [0.1, 0.15) is 0 Å². The highest BCUT2D eigenvalue weighted by Gasteiger charge is 2.18. The second kappa shape index (κ2) is 2.83. The van der Waals surface area contributed by atoms with Crippen LogP contribution in [-0.4, -0.2) is 16.3 Å². The molecule has 0 amide bonds. The van der Waals surface area contributed by atoms with E-state index in [1.165, 1.54) is 0 Å². The third kappa shape index (κ3) is 1.73. The van der Waals surface area contributed by atoms with E-state index in [-0.39, 0.29) is 5.54 Å². The summed E-state index contributed by atoms with van der Waals surface area (Å²) in [5.74, 6) is 0. The Hall–Kier alpha value is -0.540. The molecule has 0 aliphatic carbocycles. The summed E-state index contributed by atoms with van der Waals surface area (Å²) in [7, 11) is 0. The predicted molar refractivity (Wildman–Crippen MR) is 45.6 cm³/mol. The van der Waals surface area contributed by atoms with E-state index < -0.39 is 0 Å². The molecule has 0 aliphatic heterocycles. The van der Waals surface area contributed by atoms with Gasteiger partial charge in [0.25, 0.3) is 0 Å². The molecule has 11 heavy (non-hydrogen) atoms. The first-order valence-electron chi connectivity index (χ1n) is 3.47. The molecule has 0 unspecified atom stereocenters. The average Bonchev–Trinajstić information content (AvgIpc) is 2.36. The fraction of sp³-hybridized carbons (Fsp3) is 0.571. The maximum Gasteiger partial charge on any atom is 0.0785 e. The van der Waals surface area contributed by atoms with Crippen molar-refractivity contribution in [1.82, 2.24) is 9.78 Å². The van der Waals surface area contributed by atoms with Crippen molar-refractivity contribution in [3.05, 3.63) is 17.4 Å². The van der Waals surface area contributed by atoms with Crippen LogP contribution < -0.4 is 5.73 Å². The van der Waals surface area contributed by atoms with Gasteiger partial charge >= 0.3 is 0 Å². The zero-order valence-corrected chi connectivity index (χ0v) is 7.47. The van der Waals surface area contributed by atoms with E-state index in [1.54, 1.807) is 17.1 Å². The lowest BCUT2D eigenvalue weighted by Gasteiger charge is -2.22. The summed E-state index contributed by atoms with van der Waals surface area (Å²) in [5.41, 5.74) is 5.40. The van der Waals surface area contributed by atoms with Crippen molar-refractivity contribution in [3.8, 4) is 0 Å². The number of hydrogen-bond acceptors (Lipinski definition) is 2. The number of aromatic nitrogens is 2. The van der Waals surface area contributed by atoms with Gasteiger partial charge in [-0.25, -0.2) is 0 Å². The summed E-state index contributed by atoms with van der Waals surface area (Å²) in [5, 5.41) is 4.71. The largest absolute Gasteiger partial charge is 0.328 e. The Morgan fingerprint density at radius 1 is 1.73 bits per heavy atom. The van der Waals surface area contributed by atoms with Gasteiger partial charge in [-0.1, -0.05) is 11.6 Å². The third-order valence-corrected chi connectivity index (χ3v) is 1.87. The maximum atomic E-state index is 5.70. The molecule has 0 fully saturated rings. The lowest BCUT2D eigenvalue weighted by Crippen LogP contribution is -2.35. The van der Waals surface area contributed by atoms with Crippen LogP contribution >= 0.6 is 11.6 Å². The minimum atomic E-state index is -0.146. The molecule has 3 nitrogen and oxygen atoms in total. The molecule has 0 aliphatic rings. The monoisotopic (exact) mass is 173 g/mol. The number of hydrogen-bond donors (Lipinski definition) is 1. The number of nitrogens with two attached hydrogens (primary N) is 1. The quantitative estimate of drug-likeness (QED) is 0.731. The minimum absolute atomic E-state index is 0.146. The second-order valence-corrected chi connectivity index (χ2v) is 3.56. The van der Waals surface area contributed by atoms with Crippen LogP contribution in [0.5, 0.6) is 0 Å². The smallest absolute Gasteiger partial charge is 0.0785 e. The number of halogens is 1. The lowest BCUT2D eigenvalue weighted by atomic mass is 10.1. The SMILES string of the molecule is CC(C)(CN)n1cc(Cl)cn1. The van der Waals surface area contributed by atoms with E-state index in [2.05, 4.69) is 5.10 Å². The molecule has 0 spiro atoms. The second-order valence-electron chi connectivity index (χ2n) is 3.12. The van der Waals surface area contributed by atoms with Crippen molar-refractivity contribution in [2.45, 2.75) is 19.4 Å². The molecule has 0 bridgehead atoms. The van der Waals surface area contributed by atoms with Gasteiger partial charge in [-0.3, -0.25) is 4.68 Å². The average molecular weight is 174 g/mol. The van der Waals surface area contributed by atoms with Gasteiger partial charge in [0.15, 0.2) is 0 Å². The molecule has 1 rings (SSSR count). The summed E-state index contributed by atoms with van der Waals surface area (Å²) in [6.07, 6.45) is 3.38. The molecule has 1 aromatic heterocycles. The van der Waals surface area contributed by atoms with Crippen molar-refractivity contribution in [2.24, 2.45) is 5.73 Å². The van der Waals surface area contributed by atoms with E-state index in [1.807, 2.05) is 13.8 Å². The van der Waals surface area contributed by atoms with Crippen LogP contribution in [0.25, 0.3) is 0 Å². The topological polar surface area (TPSA) is 43.8 Å². The van der Waals surface area contributed by atoms with E-state index in [9.17, 15) is 0 Å². The Balaban J connectivity index is 2.92. The molecule has 62 valence electrons. The molecule has 0 radical (unpaired) electrons. The fourth-order valence-electron chi connectivity index (χ4n) is 0.725. The van der Waals surface area contributed by atoms with E-state index in [0.29, 0.717) is 11.6 Å². The van der Waals surface area contributed by atoms with E-state index >= 15 is 0 Å². The first-order valence-corrected chi connectivity index (χ1v) is 3.85. The Morgan fingerprint density at radius 2 is 2.36 bits per heavy atom. The third-order valence-electron chi connectivity index (χ3n) is 1.67. The molecular formula is C7H12ClN3. The first-order chi connectivity index (χ1) is 5.06. The molecule has 0 atom stereocenters. The first kappa shape index (κ1) is 8.56. The van der Waals surface area contributed by atoms with Crippen LogP contribution in [0.15, 0.2) is 12.4 Å². The highest BCUT2D eigenvalue weighted by atomic mass is 35.5. The summed E-state index contributed by atoms with van der Waals surface area (Å²) in [6, 6.07) is 0. The Labute approximate surface area is 71.1 Å². The molecule has 1 aromatic rings. The minimum Gasteiger partial charge on any atom is -0.328 e. The van der Waals surface area contributed by atoms with Gasteiger partial charge in [-0.05, 0) is 13.8 Å². The van der Waals surface area contributed by atoms with Crippen LogP contribution in [-0.2, 0) is 5.54 Å². The molecule has 0 aromatic carbocycles. The van der Waals surface area contributed by atoms with Crippen molar-refractivity contribution >= 4 is 11.6 Å². The molecule has 4 heteroatoms. The number of nitrogens with zero attached hydrogens (tertiary/aromatic N) is 2. The van der Waals surface area contributed by atoms with Crippen LogP contribution in [0.1, 0.15) is 13.8 Å². The van der Waals surface area contributed by atoms with Crippen LogP contribution in [0, 0.1) is 0 Å². The highest BCUT2D eigenvalue weighted by Crippen LogP contribution is 2.14. The van der Waals surface area contributed by atoms with E-state index in [4.69, 9.17) is 17.3 Å². The van der Waals surface area contributed by atoms with Crippen LogP contribution in [0.4, 0.5) is 0 Å². The van der Waals surface area contributed by atoms with Crippen molar-refractivity contribution in [1.29, 1.82) is 0 Å². The van der Waals surface area contributed by atoms with Gasteiger partial charge < -0.3 is 5.73 Å². The normalized spacial score (nSPS) is 12.0. The Bertz CT molecular complexity index is 242. The zero-order valence-electron chi connectivity index (χ0n) is 6.71. The van der Waals surface area contributed by atoms with Crippen molar-refractivity contribution < 1.29 is 0 Å². The van der Waals surface area contributed by atoms with Gasteiger partial charge in [-0.2, -0.15) is 5.10 Å². The van der Waals surface area contributed by atoms with Gasteiger partial charge in [0, 0.05) is 12.7 Å². The molecule has 0 saturated carbocycles. The van der Waals surface area contributed by atoms with Gasteiger partial charge in [0.2, 0.25) is 0 Å². The Kier molecular flexibility index (Phi) is 2.20. The zero-order chi connectivity index (χ0) is 8.48. The fourth-order valence-corrected chi connectivity index (χ4v) is 0.861. The van der Waals surface area contributed by atoms with Gasteiger partial charge in [-0.15, -0.1) is 0 Å². The van der Waals surface area contributed by atoms with Crippen molar-refractivity contribution in [3.63, 3.8) is 0 Å². The summed E-state index contributed by atoms with van der Waals surface area (Å²) >= 11 is 5.70. The predicted octanol–water partition coefficient (Wildman–Crippen LogP) is 1.23. The van der Waals surface area contributed by atoms with Crippen LogP contribution in [0.2, 0.25) is 5.02 Å². The lowest BCUT2D eigenvalue weighted by molar-refractivity contribution is 0.330. The Morgan fingerprint density at radius 3 is 2.73 bits per heavy atom. The molecule has 2 N–H and O–H groups in total. The summed E-state index contributed by atoms with van der Waals surface area (Å²) in [6.45, 7) is 4.57. The number of rotatable bonds is 2. The maximum absolute atomic E-state index is 5.70. The van der Waals surface area contributed by atoms with Crippen LogP contribution in [0.3, 0.4) is 0 Å². The van der Waals surface area contributed by atoms with Crippen molar-refractivity contribution in [2.75, 3.05) is 6.54 Å². The summed E-state index contributed by atoms with van der Waals surface area (Å²) < 4.78 is 1.77. The van der Waals surface area contributed by atoms with Gasteiger partial charge in [0.05, 0.1) is 16.8 Å². The molecule has 1 heterocycles. The highest BCUT2D eigenvalue weighted by molar-refractivity contribution is 6.30. The summed E-state index contributed by atoms with van der Waals surface area (Å²) in [4.78, 5) is 0. The molecular weight excluding hydrogens is 162 g/mol. The van der Waals surface area contributed by atoms with E-state index in [0.717, 1.165) is 0 Å².